The smallest absolute Gasteiger partial charge is 0.243 e. The predicted octanol–water partition coefficient (Wildman–Crippen LogP) is 1.85. The van der Waals surface area contributed by atoms with Gasteiger partial charge in [0, 0.05) is 18.0 Å². The second-order valence-corrected chi connectivity index (χ2v) is 8.95. The predicted molar refractivity (Wildman–Crippen MR) is 111 cm³/mol. The van der Waals surface area contributed by atoms with Crippen LogP contribution in [-0.4, -0.2) is 56.3 Å². The minimum Gasteiger partial charge on any atom is -0.350 e. The molecule has 1 aliphatic rings. The maximum atomic E-state index is 14.1. The molecule has 10 heteroatoms. The molecule has 30 heavy (non-hydrogen) atoms. The van der Waals surface area contributed by atoms with Gasteiger partial charge in [-0.05, 0) is 29.2 Å². The van der Waals surface area contributed by atoms with E-state index in [4.69, 9.17) is 17.3 Å². The van der Waals surface area contributed by atoms with Gasteiger partial charge in [-0.3, -0.25) is 9.59 Å². The summed E-state index contributed by atoms with van der Waals surface area (Å²) < 4.78 is 15.7. The van der Waals surface area contributed by atoms with E-state index in [1.807, 2.05) is 20.8 Å². The first-order chi connectivity index (χ1) is 14.1. The first-order valence-corrected chi connectivity index (χ1v) is 10.1. The highest BCUT2D eigenvalue weighted by Crippen LogP contribution is 2.26. The molecule has 0 bridgehead atoms. The van der Waals surface area contributed by atoms with Gasteiger partial charge in [-0.25, -0.2) is 14.1 Å². The number of alkyl halides is 1. The van der Waals surface area contributed by atoms with E-state index in [-0.39, 0.29) is 19.5 Å². The van der Waals surface area contributed by atoms with Crippen LogP contribution in [0.2, 0.25) is 5.02 Å². The largest absolute Gasteiger partial charge is 0.350 e. The molecule has 2 amide bonds. The van der Waals surface area contributed by atoms with Crippen LogP contribution in [0.4, 0.5) is 4.39 Å². The maximum absolute atomic E-state index is 14.1. The van der Waals surface area contributed by atoms with Crippen molar-refractivity contribution in [1.82, 2.24) is 25.0 Å². The molecule has 1 saturated heterocycles. The summed E-state index contributed by atoms with van der Waals surface area (Å²) in [6, 6.07) is 3.45. The van der Waals surface area contributed by atoms with E-state index in [2.05, 4.69) is 15.4 Å². The third-order valence-corrected chi connectivity index (χ3v) is 5.43. The van der Waals surface area contributed by atoms with Gasteiger partial charge in [0.1, 0.15) is 24.9 Å². The minimum atomic E-state index is -1.27. The van der Waals surface area contributed by atoms with Crippen molar-refractivity contribution in [2.24, 2.45) is 11.1 Å². The topological polar surface area (TPSA) is 106 Å². The Hall–Kier alpha value is -2.52. The van der Waals surface area contributed by atoms with Crippen molar-refractivity contribution >= 4 is 23.4 Å². The van der Waals surface area contributed by atoms with Crippen LogP contribution in [0.3, 0.4) is 0 Å². The lowest BCUT2D eigenvalue weighted by Gasteiger charge is -2.32. The fraction of sp³-hybridized carbons (Fsp3) is 0.500. The Kier molecular flexibility index (Phi) is 6.42. The van der Waals surface area contributed by atoms with Crippen LogP contribution >= 0.6 is 11.6 Å². The SMILES string of the molecule is CC(C)(C)[C@@H](N)C(=O)N1C[C@H](F)C[C@H]1C(=O)NCc1cc(Cl)ccc1-n1cncn1. The standard InChI is InChI=1S/C20H26ClFN6O2/c1-20(2,3)17(23)19(30)27-9-14(22)7-16(27)18(29)25-8-12-6-13(21)4-5-15(12)28-11-24-10-26-28/h4-6,10-11,14,16-17H,7-9,23H2,1-3H3,(H,25,29)/t14-,16+,17+/m1/s1. The number of rotatable bonds is 5. The van der Waals surface area contributed by atoms with Crippen molar-refractivity contribution in [2.45, 2.75) is 52.0 Å². The number of likely N-dealkylation sites (tertiary alicyclic amines) is 1. The second kappa shape index (κ2) is 8.69. The molecule has 0 unspecified atom stereocenters. The highest BCUT2D eigenvalue weighted by molar-refractivity contribution is 6.30. The molecule has 0 spiro atoms. The Bertz CT molecular complexity index is 915. The fourth-order valence-electron chi connectivity index (χ4n) is 3.38. The Morgan fingerprint density at radius 1 is 1.40 bits per heavy atom. The number of aromatic nitrogens is 3. The van der Waals surface area contributed by atoms with Crippen molar-refractivity contribution in [1.29, 1.82) is 0 Å². The molecular weight excluding hydrogens is 411 g/mol. The maximum Gasteiger partial charge on any atom is 0.243 e. The highest BCUT2D eigenvalue weighted by atomic mass is 35.5. The summed E-state index contributed by atoms with van der Waals surface area (Å²) in [6.45, 7) is 5.49. The Morgan fingerprint density at radius 3 is 2.77 bits per heavy atom. The van der Waals surface area contributed by atoms with Crippen LogP contribution in [0.15, 0.2) is 30.9 Å². The van der Waals surface area contributed by atoms with Crippen LogP contribution in [-0.2, 0) is 16.1 Å². The van der Waals surface area contributed by atoms with E-state index in [1.54, 1.807) is 22.9 Å². The van der Waals surface area contributed by atoms with Crippen molar-refractivity contribution in [3.8, 4) is 5.69 Å². The molecule has 1 aliphatic heterocycles. The first kappa shape index (κ1) is 22.2. The van der Waals surface area contributed by atoms with Gasteiger partial charge in [-0.1, -0.05) is 32.4 Å². The van der Waals surface area contributed by atoms with E-state index >= 15 is 0 Å². The van der Waals surface area contributed by atoms with Crippen LogP contribution in [0, 0.1) is 5.41 Å². The Labute approximate surface area is 179 Å². The van der Waals surface area contributed by atoms with Crippen molar-refractivity contribution in [3.05, 3.63) is 41.4 Å². The van der Waals surface area contributed by atoms with Gasteiger partial charge in [0.15, 0.2) is 0 Å². The average molecular weight is 437 g/mol. The number of benzene rings is 1. The summed E-state index contributed by atoms with van der Waals surface area (Å²) in [6.07, 6.45) is 1.61. The van der Waals surface area contributed by atoms with E-state index in [1.165, 1.54) is 17.6 Å². The summed E-state index contributed by atoms with van der Waals surface area (Å²) in [5, 5.41) is 7.40. The van der Waals surface area contributed by atoms with Crippen LogP contribution in [0.1, 0.15) is 32.8 Å². The van der Waals surface area contributed by atoms with Gasteiger partial charge in [0.2, 0.25) is 11.8 Å². The molecule has 8 nitrogen and oxygen atoms in total. The molecular formula is C20H26ClFN6O2. The zero-order chi connectivity index (χ0) is 22.1. The van der Waals surface area contributed by atoms with Crippen LogP contribution < -0.4 is 11.1 Å². The van der Waals surface area contributed by atoms with Crippen molar-refractivity contribution < 1.29 is 14.0 Å². The molecule has 1 fully saturated rings. The second-order valence-electron chi connectivity index (χ2n) is 8.51. The molecule has 0 aliphatic carbocycles. The molecule has 2 heterocycles. The third kappa shape index (κ3) is 4.79. The monoisotopic (exact) mass is 436 g/mol. The summed E-state index contributed by atoms with van der Waals surface area (Å²) in [7, 11) is 0. The Balaban J connectivity index is 1.74. The van der Waals surface area contributed by atoms with Crippen molar-refractivity contribution in [2.75, 3.05) is 6.54 Å². The zero-order valence-electron chi connectivity index (χ0n) is 17.2. The summed E-state index contributed by atoms with van der Waals surface area (Å²) in [4.78, 5) is 30.8. The van der Waals surface area contributed by atoms with E-state index in [0.29, 0.717) is 16.3 Å². The average Bonchev–Trinajstić information content (AvgIpc) is 3.34. The summed E-state index contributed by atoms with van der Waals surface area (Å²) in [5.74, 6) is -0.858. The van der Waals surface area contributed by atoms with Gasteiger partial charge in [0.25, 0.3) is 0 Å². The molecule has 162 valence electrons. The lowest BCUT2D eigenvalue weighted by Crippen LogP contribution is -2.54. The van der Waals surface area contributed by atoms with Gasteiger partial charge in [-0.15, -0.1) is 0 Å². The molecule has 1 aromatic heterocycles. The van der Waals surface area contributed by atoms with Crippen LogP contribution in [0.25, 0.3) is 5.69 Å². The number of carbonyl (C=O) groups excluding carboxylic acids is 2. The lowest BCUT2D eigenvalue weighted by molar-refractivity contribution is -0.141. The minimum absolute atomic E-state index is 0.0556. The number of halogens is 2. The van der Waals surface area contributed by atoms with E-state index < -0.39 is 35.5 Å². The third-order valence-electron chi connectivity index (χ3n) is 5.20. The summed E-state index contributed by atoms with van der Waals surface area (Å²) in [5.41, 5.74) is 6.97. The Morgan fingerprint density at radius 2 is 2.13 bits per heavy atom. The van der Waals surface area contributed by atoms with E-state index in [9.17, 15) is 14.0 Å². The molecule has 1 aromatic carbocycles. The summed E-state index contributed by atoms with van der Waals surface area (Å²) >= 11 is 6.11. The van der Waals surface area contributed by atoms with Gasteiger partial charge in [-0.2, -0.15) is 5.10 Å². The van der Waals surface area contributed by atoms with Gasteiger partial charge >= 0.3 is 0 Å². The van der Waals surface area contributed by atoms with Crippen LogP contribution in [0.5, 0.6) is 0 Å². The van der Waals surface area contributed by atoms with Gasteiger partial charge < -0.3 is 16.0 Å². The van der Waals surface area contributed by atoms with E-state index in [0.717, 1.165) is 0 Å². The number of amides is 2. The van der Waals surface area contributed by atoms with Gasteiger partial charge in [0.05, 0.1) is 18.3 Å². The lowest BCUT2D eigenvalue weighted by atomic mass is 9.86. The molecule has 2 aromatic rings. The molecule has 3 N–H and O–H groups in total. The number of nitrogens with zero attached hydrogens (tertiary/aromatic N) is 4. The fourth-order valence-corrected chi connectivity index (χ4v) is 3.57. The molecule has 3 rings (SSSR count). The first-order valence-electron chi connectivity index (χ1n) is 9.69. The number of hydrogen-bond acceptors (Lipinski definition) is 5. The highest BCUT2D eigenvalue weighted by Gasteiger charge is 2.43. The van der Waals surface area contributed by atoms with Crippen molar-refractivity contribution in [3.63, 3.8) is 0 Å². The molecule has 3 atom stereocenters. The number of carbonyl (C=O) groups is 2. The number of nitrogens with one attached hydrogen (secondary N) is 1. The zero-order valence-corrected chi connectivity index (χ0v) is 17.9. The quantitative estimate of drug-likeness (QED) is 0.744. The normalized spacial score (nSPS) is 20.3. The number of nitrogens with two attached hydrogens (primary N) is 1. The molecule has 0 radical (unpaired) electrons. The molecule has 0 saturated carbocycles. The number of hydrogen-bond donors (Lipinski definition) is 2.